The van der Waals surface area contributed by atoms with Crippen molar-refractivity contribution in [1.29, 1.82) is 0 Å². The van der Waals surface area contributed by atoms with Crippen molar-refractivity contribution in [2.24, 2.45) is 0 Å². The fourth-order valence-electron chi connectivity index (χ4n) is 2.08. The minimum absolute atomic E-state index is 0.0595. The highest BCUT2D eigenvalue weighted by Crippen LogP contribution is 2.22. The second kappa shape index (κ2) is 6.47. The van der Waals surface area contributed by atoms with E-state index in [1.54, 1.807) is 19.9 Å². The zero-order valence-electron chi connectivity index (χ0n) is 13.0. The number of anilines is 1. The van der Waals surface area contributed by atoms with Gasteiger partial charge in [-0.05, 0) is 68.4 Å². The average Bonchev–Trinajstić information content (AvgIpc) is 2.51. The van der Waals surface area contributed by atoms with E-state index in [2.05, 4.69) is 10.0 Å². The molecule has 0 saturated heterocycles. The van der Waals surface area contributed by atoms with Crippen LogP contribution in [0.4, 0.5) is 10.1 Å². The number of benzene rings is 2. The Morgan fingerprint density at radius 2 is 1.70 bits per heavy atom. The normalized spacial score (nSPS) is 11.3. The number of hydrogen-bond donors (Lipinski definition) is 2. The molecule has 0 fully saturated rings. The lowest BCUT2D eigenvalue weighted by molar-refractivity contribution is 0.102. The number of sulfonamides is 1. The van der Waals surface area contributed by atoms with E-state index in [0.717, 1.165) is 0 Å². The molecule has 1 amide bonds. The molecule has 2 aromatic rings. The first-order chi connectivity index (χ1) is 10.7. The Balaban J connectivity index is 2.39. The van der Waals surface area contributed by atoms with Gasteiger partial charge in [0.2, 0.25) is 10.0 Å². The molecule has 122 valence electrons. The van der Waals surface area contributed by atoms with Crippen LogP contribution in [0.25, 0.3) is 0 Å². The van der Waals surface area contributed by atoms with Crippen molar-refractivity contribution in [1.82, 2.24) is 4.72 Å². The molecule has 0 radical (unpaired) electrons. The Kier molecular flexibility index (Phi) is 4.82. The molecule has 2 aromatic carbocycles. The first-order valence-corrected chi connectivity index (χ1v) is 8.34. The Bertz CT molecular complexity index is 846. The van der Waals surface area contributed by atoms with Crippen LogP contribution in [0.5, 0.6) is 0 Å². The van der Waals surface area contributed by atoms with Crippen molar-refractivity contribution >= 4 is 21.6 Å². The Morgan fingerprint density at radius 1 is 1.09 bits per heavy atom. The highest BCUT2D eigenvalue weighted by molar-refractivity contribution is 7.89. The third kappa shape index (κ3) is 3.75. The minimum atomic E-state index is -3.67. The molecule has 23 heavy (non-hydrogen) atoms. The number of aryl methyl sites for hydroxylation is 1. The van der Waals surface area contributed by atoms with Crippen LogP contribution in [0.1, 0.15) is 21.5 Å². The summed E-state index contributed by atoms with van der Waals surface area (Å²) >= 11 is 0. The van der Waals surface area contributed by atoms with E-state index in [1.165, 1.54) is 37.4 Å². The first-order valence-electron chi connectivity index (χ1n) is 6.86. The molecule has 5 nitrogen and oxygen atoms in total. The van der Waals surface area contributed by atoms with Gasteiger partial charge in [0.1, 0.15) is 5.82 Å². The molecule has 0 aliphatic carbocycles. The molecule has 0 aliphatic heterocycles. The molecule has 2 rings (SSSR count). The van der Waals surface area contributed by atoms with Gasteiger partial charge in [0.05, 0.1) is 4.90 Å². The predicted molar refractivity (Wildman–Crippen MR) is 86.5 cm³/mol. The SMILES string of the molecule is CNS(=O)(=O)c1cc(C(=O)Nc2ccc(F)cc2)cc(C)c1C. The van der Waals surface area contributed by atoms with E-state index < -0.39 is 21.7 Å². The number of nitrogens with one attached hydrogen (secondary N) is 2. The van der Waals surface area contributed by atoms with Crippen molar-refractivity contribution in [2.75, 3.05) is 12.4 Å². The van der Waals surface area contributed by atoms with Crippen LogP contribution in [0.2, 0.25) is 0 Å². The fourth-order valence-corrected chi connectivity index (χ4v) is 3.15. The summed E-state index contributed by atoms with van der Waals surface area (Å²) in [6, 6.07) is 8.26. The summed E-state index contributed by atoms with van der Waals surface area (Å²) in [7, 11) is -2.35. The molecule has 7 heteroatoms. The van der Waals surface area contributed by atoms with E-state index in [1.807, 2.05) is 0 Å². The highest BCUT2D eigenvalue weighted by atomic mass is 32.2. The summed E-state index contributed by atoms with van der Waals surface area (Å²) in [6.45, 7) is 3.42. The first kappa shape index (κ1) is 17.1. The molecular formula is C16H17FN2O3S. The molecule has 0 aliphatic rings. The monoisotopic (exact) mass is 336 g/mol. The topological polar surface area (TPSA) is 75.3 Å². The summed E-state index contributed by atoms with van der Waals surface area (Å²) in [5.41, 5.74) is 1.90. The van der Waals surface area contributed by atoms with E-state index in [9.17, 15) is 17.6 Å². The van der Waals surface area contributed by atoms with Gasteiger partial charge >= 0.3 is 0 Å². The third-order valence-corrected chi connectivity index (χ3v) is 5.08. The van der Waals surface area contributed by atoms with Gasteiger partial charge in [-0.25, -0.2) is 17.5 Å². The number of hydrogen-bond acceptors (Lipinski definition) is 3. The van der Waals surface area contributed by atoms with Crippen molar-refractivity contribution in [3.8, 4) is 0 Å². The van der Waals surface area contributed by atoms with Crippen molar-refractivity contribution in [3.05, 3.63) is 58.9 Å². The van der Waals surface area contributed by atoms with Crippen LogP contribution in [-0.2, 0) is 10.0 Å². The summed E-state index contributed by atoms with van der Waals surface area (Å²) in [6.07, 6.45) is 0. The van der Waals surface area contributed by atoms with E-state index >= 15 is 0 Å². The molecule has 0 aromatic heterocycles. The second-order valence-electron chi connectivity index (χ2n) is 5.08. The minimum Gasteiger partial charge on any atom is -0.322 e. The van der Waals surface area contributed by atoms with Crippen LogP contribution in [-0.4, -0.2) is 21.4 Å². The second-order valence-corrected chi connectivity index (χ2v) is 6.94. The third-order valence-electron chi connectivity index (χ3n) is 3.54. The van der Waals surface area contributed by atoms with E-state index in [4.69, 9.17) is 0 Å². The summed E-state index contributed by atoms with van der Waals surface area (Å²) in [4.78, 5) is 12.4. The highest BCUT2D eigenvalue weighted by Gasteiger charge is 2.19. The van der Waals surface area contributed by atoms with Gasteiger partial charge < -0.3 is 5.32 Å². The van der Waals surface area contributed by atoms with Crippen molar-refractivity contribution in [3.63, 3.8) is 0 Å². The van der Waals surface area contributed by atoms with Crippen LogP contribution in [0, 0.1) is 19.7 Å². The Morgan fingerprint density at radius 3 is 2.26 bits per heavy atom. The van der Waals surface area contributed by atoms with Crippen LogP contribution < -0.4 is 10.0 Å². The van der Waals surface area contributed by atoms with Gasteiger partial charge in [0.25, 0.3) is 5.91 Å². The summed E-state index contributed by atoms with van der Waals surface area (Å²) in [5, 5.41) is 2.61. The van der Waals surface area contributed by atoms with Crippen molar-refractivity contribution < 1.29 is 17.6 Å². The van der Waals surface area contributed by atoms with Crippen LogP contribution >= 0.6 is 0 Å². The number of amides is 1. The van der Waals surface area contributed by atoms with Gasteiger partial charge in [-0.1, -0.05) is 0 Å². The number of carbonyl (C=O) groups is 1. The Hall–Kier alpha value is -2.25. The van der Waals surface area contributed by atoms with Crippen molar-refractivity contribution in [2.45, 2.75) is 18.7 Å². The van der Waals surface area contributed by atoms with Crippen LogP contribution in [0.15, 0.2) is 41.3 Å². The van der Waals surface area contributed by atoms with Crippen LogP contribution in [0.3, 0.4) is 0 Å². The fraction of sp³-hybridized carbons (Fsp3) is 0.188. The number of carbonyl (C=O) groups excluding carboxylic acids is 1. The molecule has 0 heterocycles. The maximum Gasteiger partial charge on any atom is 0.255 e. The molecule has 0 saturated carbocycles. The standard InChI is InChI=1S/C16H17FN2O3S/c1-10-8-12(9-15(11(10)2)23(21,22)18-3)16(20)19-14-6-4-13(17)5-7-14/h4-9,18H,1-3H3,(H,19,20). The molecule has 2 N–H and O–H groups in total. The van der Waals surface area contributed by atoms with Gasteiger partial charge in [-0.3, -0.25) is 4.79 Å². The quantitative estimate of drug-likeness (QED) is 0.901. The number of rotatable bonds is 4. The summed E-state index contributed by atoms with van der Waals surface area (Å²) < 4.78 is 39.2. The molecular weight excluding hydrogens is 319 g/mol. The maximum atomic E-state index is 12.9. The van der Waals surface area contributed by atoms with Gasteiger partial charge in [-0.2, -0.15) is 0 Å². The zero-order chi connectivity index (χ0) is 17.2. The lowest BCUT2D eigenvalue weighted by Crippen LogP contribution is -2.21. The lowest BCUT2D eigenvalue weighted by atomic mass is 10.1. The van der Waals surface area contributed by atoms with Gasteiger partial charge in [-0.15, -0.1) is 0 Å². The van der Waals surface area contributed by atoms with Gasteiger partial charge in [0, 0.05) is 11.3 Å². The number of halogens is 1. The summed E-state index contributed by atoms with van der Waals surface area (Å²) in [5.74, 6) is -0.871. The van der Waals surface area contributed by atoms with E-state index in [-0.39, 0.29) is 10.5 Å². The van der Waals surface area contributed by atoms with Gasteiger partial charge in [0.15, 0.2) is 0 Å². The zero-order valence-corrected chi connectivity index (χ0v) is 13.8. The average molecular weight is 336 g/mol. The largest absolute Gasteiger partial charge is 0.322 e. The maximum absolute atomic E-state index is 12.9. The molecule has 0 bridgehead atoms. The molecule has 0 atom stereocenters. The lowest BCUT2D eigenvalue weighted by Gasteiger charge is -2.12. The molecule has 0 unspecified atom stereocenters. The predicted octanol–water partition coefficient (Wildman–Crippen LogP) is 2.60. The molecule has 0 spiro atoms. The van der Waals surface area contributed by atoms with E-state index in [0.29, 0.717) is 16.8 Å². The Labute approximate surface area is 134 Å². The smallest absolute Gasteiger partial charge is 0.255 e.